The van der Waals surface area contributed by atoms with Crippen molar-refractivity contribution in [2.75, 3.05) is 25.9 Å². The van der Waals surface area contributed by atoms with Gasteiger partial charge in [0.05, 0.1) is 0 Å². The zero-order valence-electron chi connectivity index (χ0n) is 12.8. The van der Waals surface area contributed by atoms with Crippen LogP contribution < -0.4 is 11.1 Å². The van der Waals surface area contributed by atoms with E-state index >= 15 is 0 Å². The summed E-state index contributed by atoms with van der Waals surface area (Å²) in [6.07, 6.45) is -0.503. The smallest absolute Gasteiger partial charge is 0.407 e. The van der Waals surface area contributed by atoms with Gasteiger partial charge in [-0.05, 0) is 17.7 Å². The topological polar surface area (TPSA) is 84.7 Å². The molecule has 0 saturated heterocycles. The Kier molecular flexibility index (Phi) is 6.52. The first-order valence-corrected chi connectivity index (χ1v) is 6.90. The Labute approximate surface area is 125 Å². The number of carbonyl (C=O) groups is 2. The van der Waals surface area contributed by atoms with Gasteiger partial charge in [-0.1, -0.05) is 26.0 Å². The van der Waals surface area contributed by atoms with Gasteiger partial charge in [0.15, 0.2) is 0 Å². The maximum Gasteiger partial charge on any atom is 0.407 e. The number of carbonyl (C=O) groups excluding carboxylic acids is 2. The van der Waals surface area contributed by atoms with Gasteiger partial charge in [0.25, 0.3) is 0 Å². The molecule has 6 nitrogen and oxygen atoms in total. The summed E-state index contributed by atoms with van der Waals surface area (Å²) < 4.78 is 5.06. The lowest BCUT2D eigenvalue weighted by molar-refractivity contribution is -0.133. The largest absolute Gasteiger partial charge is 0.445 e. The number of rotatable bonds is 6. The number of benzene rings is 1. The lowest BCUT2D eigenvalue weighted by Gasteiger charge is -2.19. The number of nitrogens with two attached hydrogens (primary N) is 1. The number of ether oxygens (including phenoxy) is 1. The van der Waals surface area contributed by atoms with Gasteiger partial charge in [0.1, 0.15) is 6.61 Å². The molecule has 0 aliphatic heterocycles. The number of likely N-dealkylation sites (N-methyl/N-ethyl adjacent to an activating group) is 1. The molecule has 0 aliphatic carbocycles. The van der Waals surface area contributed by atoms with Crippen LogP contribution in [0.1, 0.15) is 19.4 Å². The van der Waals surface area contributed by atoms with E-state index in [2.05, 4.69) is 5.32 Å². The van der Waals surface area contributed by atoms with E-state index in [1.54, 1.807) is 36.2 Å². The van der Waals surface area contributed by atoms with E-state index < -0.39 is 6.09 Å². The summed E-state index contributed by atoms with van der Waals surface area (Å²) >= 11 is 0. The van der Waals surface area contributed by atoms with E-state index in [0.29, 0.717) is 18.8 Å². The van der Waals surface area contributed by atoms with Crippen molar-refractivity contribution in [3.8, 4) is 0 Å². The predicted octanol–water partition coefficient (Wildman–Crippen LogP) is 1.61. The van der Waals surface area contributed by atoms with Crippen LogP contribution in [0.3, 0.4) is 0 Å². The molecule has 3 N–H and O–H groups in total. The fraction of sp³-hybridized carbons (Fsp3) is 0.467. The molecule has 6 heteroatoms. The minimum atomic E-state index is -0.503. The highest BCUT2D eigenvalue weighted by Crippen LogP contribution is 2.06. The summed E-state index contributed by atoms with van der Waals surface area (Å²) in [5.74, 6) is -0.000454. The number of nitrogens with zero attached hydrogens (tertiary/aromatic N) is 1. The zero-order valence-corrected chi connectivity index (χ0v) is 12.8. The molecule has 0 atom stereocenters. The first kappa shape index (κ1) is 16.8. The number of nitrogen functional groups attached to an aromatic ring is 1. The molecule has 0 saturated carbocycles. The van der Waals surface area contributed by atoms with E-state index in [0.717, 1.165) is 5.56 Å². The summed E-state index contributed by atoms with van der Waals surface area (Å²) in [5, 5.41) is 2.61. The number of amides is 2. The van der Waals surface area contributed by atoms with Crippen molar-refractivity contribution >= 4 is 17.7 Å². The van der Waals surface area contributed by atoms with Crippen LogP contribution in [0.5, 0.6) is 0 Å². The van der Waals surface area contributed by atoms with Gasteiger partial charge in [0.2, 0.25) is 5.91 Å². The molecule has 116 valence electrons. The molecule has 21 heavy (non-hydrogen) atoms. The van der Waals surface area contributed by atoms with Crippen LogP contribution in [0, 0.1) is 5.92 Å². The molecule has 0 aliphatic rings. The highest BCUT2D eigenvalue weighted by Gasteiger charge is 2.12. The second-order valence-electron chi connectivity index (χ2n) is 5.16. The zero-order chi connectivity index (χ0) is 15.8. The Morgan fingerprint density at radius 3 is 2.48 bits per heavy atom. The Morgan fingerprint density at radius 2 is 1.90 bits per heavy atom. The highest BCUT2D eigenvalue weighted by molar-refractivity contribution is 5.77. The Balaban J connectivity index is 2.22. The van der Waals surface area contributed by atoms with Gasteiger partial charge >= 0.3 is 6.09 Å². The normalized spacial score (nSPS) is 10.3. The van der Waals surface area contributed by atoms with Gasteiger partial charge in [0, 0.05) is 31.7 Å². The van der Waals surface area contributed by atoms with Crippen molar-refractivity contribution in [1.82, 2.24) is 10.2 Å². The van der Waals surface area contributed by atoms with Crippen molar-refractivity contribution in [2.45, 2.75) is 20.5 Å². The molecule has 2 amide bonds. The summed E-state index contributed by atoms with van der Waals surface area (Å²) in [6, 6.07) is 7.11. The maximum atomic E-state index is 11.6. The fourth-order valence-corrected chi connectivity index (χ4v) is 1.69. The molecule has 0 unspecified atom stereocenters. The van der Waals surface area contributed by atoms with Crippen LogP contribution in [-0.2, 0) is 16.1 Å². The average Bonchev–Trinajstić information content (AvgIpc) is 2.45. The van der Waals surface area contributed by atoms with Crippen LogP contribution in [-0.4, -0.2) is 37.0 Å². The van der Waals surface area contributed by atoms with E-state index in [4.69, 9.17) is 10.5 Å². The standard InChI is InChI=1S/C15H23N3O3/c1-11(2)14(19)18(3)9-8-17-15(20)21-10-12-4-6-13(16)7-5-12/h4-7,11H,8-10,16H2,1-3H3,(H,17,20). The average molecular weight is 293 g/mol. The quantitative estimate of drug-likeness (QED) is 0.780. The summed E-state index contributed by atoms with van der Waals surface area (Å²) in [6.45, 7) is 4.68. The number of hydrogen-bond donors (Lipinski definition) is 2. The van der Waals surface area contributed by atoms with Gasteiger partial charge in [-0.15, -0.1) is 0 Å². The summed E-state index contributed by atoms with van der Waals surface area (Å²) in [5.41, 5.74) is 7.10. The predicted molar refractivity (Wildman–Crippen MR) is 81.5 cm³/mol. The molecule has 1 rings (SSSR count). The number of anilines is 1. The van der Waals surface area contributed by atoms with Crippen LogP contribution >= 0.6 is 0 Å². The third kappa shape index (κ3) is 6.16. The number of hydrogen-bond acceptors (Lipinski definition) is 4. The Bertz CT molecular complexity index is 472. The van der Waals surface area contributed by atoms with Crippen LogP contribution in [0.15, 0.2) is 24.3 Å². The molecule has 1 aromatic carbocycles. The first-order chi connectivity index (χ1) is 9.90. The molecular formula is C15H23N3O3. The highest BCUT2D eigenvalue weighted by atomic mass is 16.5. The molecule has 1 aromatic rings. The number of alkyl carbamates (subject to hydrolysis) is 1. The van der Waals surface area contributed by atoms with Crippen molar-refractivity contribution < 1.29 is 14.3 Å². The second-order valence-corrected chi connectivity index (χ2v) is 5.16. The van der Waals surface area contributed by atoms with E-state index in [1.165, 1.54) is 0 Å². The Morgan fingerprint density at radius 1 is 1.29 bits per heavy atom. The van der Waals surface area contributed by atoms with Crippen LogP contribution in [0.2, 0.25) is 0 Å². The molecular weight excluding hydrogens is 270 g/mol. The first-order valence-electron chi connectivity index (χ1n) is 6.90. The minimum Gasteiger partial charge on any atom is -0.445 e. The van der Waals surface area contributed by atoms with Crippen molar-refractivity contribution in [3.63, 3.8) is 0 Å². The van der Waals surface area contributed by atoms with E-state index in [9.17, 15) is 9.59 Å². The second kappa shape index (κ2) is 8.14. The van der Waals surface area contributed by atoms with Crippen molar-refractivity contribution in [2.24, 2.45) is 5.92 Å². The van der Waals surface area contributed by atoms with E-state index in [1.807, 2.05) is 13.8 Å². The monoisotopic (exact) mass is 293 g/mol. The third-order valence-electron chi connectivity index (χ3n) is 2.94. The van der Waals surface area contributed by atoms with Crippen LogP contribution in [0.4, 0.5) is 10.5 Å². The fourth-order valence-electron chi connectivity index (χ4n) is 1.69. The number of nitrogens with one attached hydrogen (secondary N) is 1. The Hall–Kier alpha value is -2.24. The molecule has 0 heterocycles. The van der Waals surface area contributed by atoms with Gasteiger partial charge in [-0.25, -0.2) is 4.79 Å². The van der Waals surface area contributed by atoms with E-state index in [-0.39, 0.29) is 18.4 Å². The van der Waals surface area contributed by atoms with Gasteiger partial charge < -0.3 is 20.7 Å². The molecule has 0 bridgehead atoms. The van der Waals surface area contributed by atoms with Gasteiger partial charge in [-0.3, -0.25) is 4.79 Å². The minimum absolute atomic E-state index is 0.0482. The molecule has 0 fully saturated rings. The molecule has 0 radical (unpaired) electrons. The van der Waals surface area contributed by atoms with Gasteiger partial charge in [-0.2, -0.15) is 0 Å². The maximum absolute atomic E-state index is 11.6. The lowest BCUT2D eigenvalue weighted by atomic mass is 10.2. The van der Waals surface area contributed by atoms with Crippen molar-refractivity contribution in [1.29, 1.82) is 0 Å². The van der Waals surface area contributed by atoms with Crippen LogP contribution in [0.25, 0.3) is 0 Å². The van der Waals surface area contributed by atoms with Crippen molar-refractivity contribution in [3.05, 3.63) is 29.8 Å². The summed E-state index contributed by atoms with van der Waals surface area (Å²) in [7, 11) is 1.71. The third-order valence-corrected chi connectivity index (χ3v) is 2.94. The molecule has 0 aromatic heterocycles. The SMILES string of the molecule is CC(C)C(=O)N(C)CCNC(=O)OCc1ccc(N)cc1. The lowest BCUT2D eigenvalue weighted by Crippen LogP contribution is -2.38. The summed E-state index contributed by atoms with van der Waals surface area (Å²) in [4.78, 5) is 24.7. The molecule has 0 spiro atoms.